The first-order valence-corrected chi connectivity index (χ1v) is 8.92. The fourth-order valence-electron chi connectivity index (χ4n) is 3.99. The van der Waals surface area contributed by atoms with Crippen LogP contribution in [-0.4, -0.2) is 37.6 Å². The third-order valence-electron chi connectivity index (χ3n) is 5.46. The molecular formula is C19H29N3O. The van der Waals surface area contributed by atoms with Crippen LogP contribution in [0.5, 0.6) is 0 Å². The second-order valence-corrected chi connectivity index (χ2v) is 7.28. The van der Waals surface area contributed by atoms with Gasteiger partial charge in [0.25, 0.3) is 0 Å². The van der Waals surface area contributed by atoms with Crippen LogP contribution in [0.3, 0.4) is 0 Å². The second-order valence-electron chi connectivity index (χ2n) is 7.28. The number of carbonyl (C=O) groups is 1. The lowest BCUT2D eigenvalue weighted by Gasteiger charge is -2.30. The monoisotopic (exact) mass is 315 g/mol. The molecule has 4 heteroatoms. The molecular weight excluding hydrogens is 286 g/mol. The summed E-state index contributed by atoms with van der Waals surface area (Å²) in [6.07, 6.45) is 5.62. The van der Waals surface area contributed by atoms with E-state index in [0.717, 1.165) is 0 Å². The Hall–Kier alpha value is -1.55. The number of piperidine rings is 1. The third-order valence-corrected chi connectivity index (χ3v) is 5.46. The van der Waals surface area contributed by atoms with Crippen molar-refractivity contribution in [3.05, 3.63) is 30.3 Å². The van der Waals surface area contributed by atoms with Crippen LogP contribution in [0, 0.1) is 5.92 Å². The molecule has 0 radical (unpaired) electrons. The van der Waals surface area contributed by atoms with Gasteiger partial charge in [0.05, 0.1) is 0 Å². The van der Waals surface area contributed by atoms with E-state index in [4.69, 9.17) is 0 Å². The van der Waals surface area contributed by atoms with Crippen molar-refractivity contribution in [3.63, 3.8) is 0 Å². The lowest BCUT2D eigenvalue weighted by atomic mass is 9.89. The van der Waals surface area contributed by atoms with Crippen LogP contribution >= 0.6 is 0 Å². The molecule has 2 N–H and O–H groups in total. The van der Waals surface area contributed by atoms with E-state index in [2.05, 4.69) is 41.6 Å². The Balaban J connectivity index is 1.42. The van der Waals surface area contributed by atoms with Crippen LogP contribution < -0.4 is 15.5 Å². The molecule has 3 atom stereocenters. The van der Waals surface area contributed by atoms with Crippen molar-refractivity contribution in [1.82, 2.24) is 10.6 Å². The van der Waals surface area contributed by atoms with E-state index < -0.39 is 0 Å². The predicted molar refractivity (Wildman–Crippen MR) is 94.6 cm³/mol. The zero-order valence-electron chi connectivity index (χ0n) is 14.3. The van der Waals surface area contributed by atoms with Crippen LogP contribution in [-0.2, 0) is 4.79 Å². The molecule has 0 saturated carbocycles. The SMILES string of the molecule is CC(CNC(=O)CC1CC2CCC(C1)N2)N(C)c1ccccc1. The Labute approximate surface area is 139 Å². The molecule has 1 aromatic rings. The van der Waals surface area contributed by atoms with Crippen molar-refractivity contribution < 1.29 is 4.79 Å². The minimum Gasteiger partial charge on any atom is -0.370 e. The number of para-hydroxylation sites is 1. The normalized spacial score (nSPS) is 27.5. The van der Waals surface area contributed by atoms with E-state index in [-0.39, 0.29) is 11.9 Å². The minimum absolute atomic E-state index is 0.213. The summed E-state index contributed by atoms with van der Waals surface area (Å²) < 4.78 is 0. The molecule has 2 aliphatic heterocycles. The smallest absolute Gasteiger partial charge is 0.220 e. The Bertz CT molecular complexity index is 507. The van der Waals surface area contributed by atoms with Crippen molar-refractivity contribution in [3.8, 4) is 0 Å². The summed E-state index contributed by atoms with van der Waals surface area (Å²) in [6.45, 7) is 2.85. The molecule has 1 aromatic carbocycles. The van der Waals surface area contributed by atoms with Gasteiger partial charge in [0.2, 0.25) is 5.91 Å². The molecule has 3 unspecified atom stereocenters. The lowest BCUT2D eigenvalue weighted by molar-refractivity contribution is -0.122. The van der Waals surface area contributed by atoms with E-state index in [1.807, 2.05) is 18.2 Å². The highest BCUT2D eigenvalue weighted by Gasteiger charge is 2.34. The van der Waals surface area contributed by atoms with E-state index in [1.165, 1.54) is 31.4 Å². The number of rotatable bonds is 6. The Morgan fingerprint density at radius 1 is 1.26 bits per heavy atom. The Kier molecular flexibility index (Phi) is 5.21. The molecule has 0 aromatic heterocycles. The maximum atomic E-state index is 12.3. The van der Waals surface area contributed by atoms with Crippen molar-refractivity contribution in [2.45, 2.75) is 57.2 Å². The molecule has 2 heterocycles. The van der Waals surface area contributed by atoms with Gasteiger partial charge in [0, 0.05) is 43.8 Å². The summed E-state index contributed by atoms with van der Waals surface area (Å²) in [5, 5.41) is 6.77. The van der Waals surface area contributed by atoms with E-state index in [0.29, 0.717) is 31.0 Å². The first kappa shape index (κ1) is 16.3. The molecule has 23 heavy (non-hydrogen) atoms. The number of hydrogen-bond donors (Lipinski definition) is 2. The summed E-state index contributed by atoms with van der Waals surface area (Å²) in [6, 6.07) is 11.9. The molecule has 0 aliphatic carbocycles. The number of carbonyl (C=O) groups excluding carboxylic acids is 1. The Morgan fingerprint density at radius 2 is 1.91 bits per heavy atom. The van der Waals surface area contributed by atoms with Gasteiger partial charge in [0.1, 0.15) is 0 Å². The molecule has 126 valence electrons. The summed E-state index contributed by atoms with van der Waals surface area (Å²) in [4.78, 5) is 14.5. The summed E-state index contributed by atoms with van der Waals surface area (Å²) in [7, 11) is 2.08. The molecule has 2 saturated heterocycles. The number of anilines is 1. The van der Waals surface area contributed by atoms with Crippen LogP contribution in [0.25, 0.3) is 0 Å². The van der Waals surface area contributed by atoms with Crippen molar-refractivity contribution in [2.75, 3.05) is 18.5 Å². The molecule has 1 amide bonds. The van der Waals surface area contributed by atoms with Gasteiger partial charge < -0.3 is 15.5 Å². The maximum Gasteiger partial charge on any atom is 0.220 e. The second kappa shape index (κ2) is 7.35. The number of likely N-dealkylation sites (N-methyl/N-ethyl adjacent to an activating group) is 1. The van der Waals surface area contributed by atoms with Crippen LogP contribution in [0.1, 0.15) is 39.0 Å². The predicted octanol–water partition coefficient (Wildman–Crippen LogP) is 2.55. The van der Waals surface area contributed by atoms with E-state index in [9.17, 15) is 4.79 Å². The average Bonchev–Trinajstić information content (AvgIpc) is 2.91. The van der Waals surface area contributed by atoms with Crippen LogP contribution in [0.2, 0.25) is 0 Å². The van der Waals surface area contributed by atoms with Gasteiger partial charge in [0.15, 0.2) is 0 Å². The van der Waals surface area contributed by atoms with Gasteiger partial charge in [-0.2, -0.15) is 0 Å². The highest BCUT2D eigenvalue weighted by Crippen LogP contribution is 2.32. The standard InChI is InChI=1S/C19H29N3O/c1-14(22(2)18-6-4-3-5-7-18)13-20-19(23)12-15-10-16-8-9-17(11-15)21-16/h3-7,14-17,21H,8-13H2,1-2H3,(H,20,23). The van der Waals surface area contributed by atoms with Gasteiger partial charge in [-0.1, -0.05) is 18.2 Å². The quantitative estimate of drug-likeness (QED) is 0.848. The summed E-state index contributed by atoms with van der Waals surface area (Å²) in [5.41, 5.74) is 1.18. The Morgan fingerprint density at radius 3 is 2.57 bits per heavy atom. The zero-order valence-corrected chi connectivity index (χ0v) is 14.3. The molecule has 3 rings (SSSR count). The van der Waals surface area contributed by atoms with Gasteiger partial charge in [-0.05, 0) is 50.7 Å². The number of nitrogens with one attached hydrogen (secondary N) is 2. The van der Waals surface area contributed by atoms with Crippen molar-refractivity contribution in [1.29, 1.82) is 0 Å². The highest BCUT2D eigenvalue weighted by atomic mass is 16.1. The van der Waals surface area contributed by atoms with Gasteiger partial charge >= 0.3 is 0 Å². The lowest BCUT2D eigenvalue weighted by Crippen LogP contribution is -2.42. The topological polar surface area (TPSA) is 44.4 Å². The van der Waals surface area contributed by atoms with E-state index >= 15 is 0 Å². The van der Waals surface area contributed by atoms with Gasteiger partial charge in [-0.3, -0.25) is 4.79 Å². The molecule has 2 fully saturated rings. The fraction of sp³-hybridized carbons (Fsp3) is 0.632. The number of amides is 1. The maximum absolute atomic E-state index is 12.3. The molecule has 0 spiro atoms. The number of hydrogen-bond acceptors (Lipinski definition) is 3. The van der Waals surface area contributed by atoms with Gasteiger partial charge in [-0.25, -0.2) is 0 Å². The van der Waals surface area contributed by atoms with Crippen LogP contribution in [0.4, 0.5) is 5.69 Å². The first-order valence-electron chi connectivity index (χ1n) is 8.92. The van der Waals surface area contributed by atoms with Crippen LogP contribution in [0.15, 0.2) is 30.3 Å². The number of benzene rings is 1. The fourth-order valence-corrected chi connectivity index (χ4v) is 3.99. The first-order chi connectivity index (χ1) is 11.1. The number of nitrogens with zero attached hydrogens (tertiary/aromatic N) is 1. The number of fused-ring (bicyclic) bond motifs is 2. The van der Waals surface area contributed by atoms with E-state index in [1.54, 1.807) is 0 Å². The third kappa shape index (κ3) is 4.25. The van der Waals surface area contributed by atoms with Crippen molar-refractivity contribution in [2.24, 2.45) is 5.92 Å². The highest BCUT2D eigenvalue weighted by molar-refractivity contribution is 5.76. The van der Waals surface area contributed by atoms with Crippen molar-refractivity contribution >= 4 is 11.6 Å². The zero-order chi connectivity index (χ0) is 16.2. The average molecular weight is 315 g/mol. The molecule has 2 bridgehead atoms. The largest absolute Gasteiger partial charge is 0.370 e. The molecule has 4 nitrogen and oxygen atoms in total. The molecule has 2 aliphatic rings. The summed E-state index contributed by atoms with van der Waals surface area (Å²) >= 11 is 0. The van der Waals surface area contributed by atoms with Gasteiger partial charge in [-0.15, -0.1) is 0 Å². The summed E-state index contributed by atoms with van der Waals surface area (Å²) in [5.74, 6) is 0.778. The minimum atomic E-state index is 0.213.